The lowest BCUT2D eigenvalue weighted by Gasteiger charge is -2.05. The lowest BCUT2D eigenvalue weighted by atomic mass is 10.1. The third-order valence-corrected chi connectivity index (χ3v) is 3.75. The van der Waals surface area contributed by atoms with Crippen LogP contribution in [0.4, 0.5) is 0 Å². The van der Waals surface area contributed by atoms with Crippen molar-refractivity contribution in [2.75, 3.05) is 0 Å². The summed E-state index contributed by atoms with van der Waals surface area (Å²) in [5, 5.41) is 3.43. The molecule has 1 aromatic carbocycles. The number of carbonyl (C=O) groups excluding carboxylic acids is 1. The molecule has 20 heavy (non-hydrogen) atoms. The van der Waals surface area contributed by atoms with Gasteiger partial charge in [-0.1, -0.05) is 53.5 Å². The number of halogens is 2. The smallest absolute Gasteiger partial charge is 0.251 e. The molecular formula is C15H12Cl2N2O. The third kappa shape index (κ3) is 2.94. The predicted octanol–water partition coefficient (Wildman–Crippen LogP) is 3.67. The van der Waals surface area contributed by atoms with Gasteiger partial charge in [-0.05, 0) is 24.1 Å². The van der Waals surface area contributed by atoms with Crippen LogP contribution in [0.3, 0.4) is 0 Å². The van der Waals surface area contributed by atoms with Crippen LogP contribution >= 0.6 is 23.2 Å². The first kappa shape index (κ1) is 13.4. The van der Waals surface area contributed by atoms with Crippen molar-refractivity contribution in [1.29, 1.82) is 0 Å². The van der Waals surface area contributed by atoms with Crippen molar-refractivity contribution in [3.8, 4) is 0 Å². The van der Waals surface area contributed by atoms with E-state index in [-0.39, 0.29) is 22.3 Å². The summed E-state index contributed by atoms with van der Waals surface area (Å²) in [5.74, 6) is 0.229. The maximum atomic E-state index is 12.1. The Bertz CT molecular complexity index is 625. The molecule has 0 radical (unpaired) electrons. The van der Waals surface area contributed by atoms with Gasteiger partial charge in [0, 0.05) is 17.5 Å². The molecule has 2 atom stereocenters. The fourth-order valence-corrected chi connectivity index (χ4v) is 2.73. The van der Waals surface area contributed by atoms with E-state index in [1.165, 1.54) is 17.7 Å². The number of rotatable bonds is 3. The van der Waals surface area contributed by atoms with Crippen LogP contribution in [0.15, 0.2) is 42.5 Å². The molecule has 1 aromatic heterocycles. The number of hydrogen-bond donors (Lipinski definition) is 1. The topological polar surface area (TPSA) is 42.0 Å². The van der Waals surface area contributed by atoms with Gasteiger partial charge >= 0.3 is 0 Å². The second-order valence-electron chi connectivity index (χ2n) is 4.83. The van der Waals surface area contributed by atoms with Crippen molar-refractivity contribution in [3.05, 3.63) is 63.9 Å². The van der Waals surface area contributed by atoms with Gasteiger partial charge in [0.2, 0.25) is 0 Å². The Kier molecular flexibility index (Phi) is 3.64. The van der Waals surface area contributed by atoms with Gasteiger partial charge in [-0.25, -0.2) is 4.98 Å². The van der Waals surface area contributed by atoms with Crippen LogP contribution in [0.5, 0.6) is 0 Å². The normalized spacial score (nSPS) is 20.5. The van der Waals surface area contributed by atoms with Crippen LogP contribution in [0, 0.1) is 0 Å². The highest BCUT2D eigenvalue weighted by molar-refractivity contribution is 6.33. The molecule has 2 unspecified atom stereocenters. The van der Waals surface area contributed by atoms with Crippen LogP contribution in [0.2, 0.25) is 10.3 Å². The van der Waals surface area contributed by atoms with Crippen molar-refractivity contribution in [3.63, 3.8) is 0 Å². The molecule has 1 saturated carbocycles. The van der Waals surface area contributed by atoms with Crippen LogP contribution < -0.4 is 5.32 Å². The number of carbonyl (C=O) groups is 1. The first-order valence-corrected chi connectivity index (χ1v) is 7.08. The fourth-order valence-electron chi connectivity index (χ4n) is 2.27. The number of pyridine rings is 1. The van der Waals surface area contributed by atoms with Gasteiger partial charge < -0.3 is 5.32 Å². The van der Waals surface area contributed by atoms with Gasteiger partial charge in [0.1, 0.15) is 10.3 Å². The van der Waals surface area contributed by atoms with E-state index in [0.29, 0.717) is 11.5 Å². The Labute approximate surface area is 126 Å². The Hall–Kier alpha value is -1.58. The molecule has 1 heterocycles. The minimum atomic E-state index is -0.167. The number of amides is 1. The van der Waals surface area contributed by atoms with E-state index in [2.05, 4.69) is 22.4 Å². The van der Waals surface area contributed by atoms with Crippen molar-refractivity contribution >= 4 is 29.1 Å². The Balaban J connectivity index is 1.66. The molecular weight excluding hydrogens is 295 g/mol. The zero-order chi connectivity index (χ0) is 14.1. The molecule has 102 valence electrons. The molecule has 1 amide bonds. The minimum Gasteiger partial charge on any atom is -0.349 e. The fraction of sp³-hybridized carbons (Fsp3) is 0.200. The van der Waals surface area contributed by atoms with Gasteiger partial charge in [-0.15, -0.1) is 0 Å². The Morgan fingerprint density at radius 2 is 1.80 bits per heavy atom. The SMILES string of the molecule is O=C(NC1CC1c1ccccc1)c1cc(Cl)nc(Cl)c1. The minimum absolute atomic E-state index is 0.167. The summed E-state index contributed by atoms with van der Waals surface area (Å²) in [7, 11) is 0. The van der Waals surface area contributed by atoms with E-state index in [1.54, 1.807) is 0 Å². The van der Waals surface area contributed by atoms with Crippen molar-refractivity contribution in [2.24, 2.45) is 0 Å². The molecule has 1 aliphatic carbocycles. The second-order valence-corrected chi connectivity index (χ2v) is 5.61. The molecule has 0 saturated heterocycles. The first-order valence-electron chi connectivity index (χ1n) is 6.32. The third-order valence-electron chi connectivity index (χ3n) is 3.36. The van der Waals surface area contributed by atoms with E-state index < -0.39 is 0 Å². The van der Waals surface area contributed by atoms with Gasteiger partial charge in [-0.3, -0.25) is 4.79 Å². The predicted molar refractivity (Wildman–Crippen MR) is 79.3 cm³/mol. The van der Waals surface area contributed by atoms with E-state index in [1.807, 2.05) is 18.2 Å². The van der Waals surface area contributed by atoms with Crippen LogP contribution in [0.25, 0.3) is 0 Å². The molecule has 3 nitrogen and oxygen atoms in total. The van der Waals surface area contributed by atoms with Crippen molar-refractivity contribution in [2.45, 2.75) is 18.4 Å². The number of nitrogens with zero attached hydrogens (tertiary/aromatic N) is 1. The summed E-state index contributed by atoms with van der Waals surface area (Å²) in [5.41, 5.74) is 1.69. The van der Waals surface area contributed by atoms with E-state index in [0.717, 1.165) is 6.42 Å². The van der Waals surface area contributed by atoms with Crippen LogP contribution in [0.1, 0.15) is 28.3 Å². The van der Waals surface area contributed by atoms with E-state index >= 15 is 0 Å². The summed E-state index contributed by atoms with van der Waals surface area (Å²) in [6.45, 7) is 0. The molecule has 1 aliphatic rings. The summed E-state index contributed by atoms with van der Waals surface area (Å²) < 4.78 is 0. The van der Waals surface area contributed by atoms with Gasteiger partial charge in [0.15, 0.2) is 0 Å². The zero-order valence-corrected chi connectivity index (χ0v) is 12.0. The molecule has 3 rings (SSSR count). The summed E-state index contributed by atoms with van der Waals surface area (Å²) in [6, 6.07) is 13.4. The van der Waals surface area contributed by atoms with Gasteiger partial charge in [0.25, 0.3) is 5.91 Å². The van der Waals surface area contributed by atoms with Gasteiger partial charge in [0.05, 0.1) is 0 Å². The monoisotopic (exact) mass is 306 g/mol. The molecule has 1 fully saturated rings. The van der Waals surface area contributed by atoms with Crippen molar-refractivity contribution < 1.29 is 4.79 Å². The highest BCUT2D eigenvalue weighted by Gasteiger charge is 2.39. The maximum Gasteiger partial charge on any atom is 0.251 e. The lowest BCUT2D eigenvalue weighted by molar-refractivity contribution is 0.0950. The molecule has 2 aromatic rings. The standard InChI is InChI=1S/C15H12Cl2N2O/c16-13-6-10(7-14(17)19-13)15(20)18-12-8-11(12)9-4-2-1-3-5-9/h1-7,11-12H,8H2,(H,18,20). The molecule has 0 spiro atoms. The van der Waals surface area contributed by atoms with E-state index in [4.69, 9.17) is 23.2 Å². The lowest BCUT2D eigenvalue weighted by Crippen LogP contribution is -2.26. The molecule has 0 aliphatic heterocycles. The maximum absolute atomic E-state index is 12.1. The van der Waals surface area contributed by atoms with Crippen molar-refractivity contribution in [1.82, 2.24) is 10.3 Å². The highest BCUT2D eigenvalue weighted by Crippen LogP contribution is 2.40. The van der Waals surface area contributed by atoms with Gasteiger partial charge in [-0.2, -0.15) is 0 Å². The quantitative estimate of drug-likeness (QED) is 0.879. The Morgan fingerprint density at radius 1 is 1.15 bits per heavy atom. The highest BCUT2D eigenvalue weighted by atomic mass is 35.5. The number of hydrogen-bond acceptors (Lipinski definition) is 2. The van der Waals surface area contributed by atoms with Crippen LogP contribution in [-0.4, -0.2) is 16.9 Å². The largest absolute Gasteiger partial charge is 0.349 e. The first-order chi connectivity index (χ1) is 9.63. The zero-order valence-electron chi connectivity index (χ0n) is 10.5. The van der Waals surface area contributed by atoms with E-state index in [9.17, 15) is 4.79 Å². The second kappa shape index (κ2) is 5.43. The summed E-state index contributed by atoms with van der Waals surface area (Å²) in [6.07, 6.45) is 0.961. The molecule has 5 heteroatoms. The number of nitrogens with one attached hydrogen (secondary N) is 1. The number of aromatic nitrogens is 1. The average Bonchev–Trinajstić information content (AvgIpc) is 3.18. The molecule has 0 bridgehead atoms. The summed E-state index contributed by atoms with van der Waals surface area (Å²) >= 11 is 11.6. The van der Waals surface area contributed by atoms with Crippen LogP contribution in [-0.2, 0) is 0 Å². The number of benzene rings is 1. The Morgan fingerprint density at radius 3 is 2.45 bits per heavy atom. The summed E-state index contributed by atoms with van der Waals surface area (Å²) in [4.78, 5) is 15.9. The molecule has 1 N–H and O–H groups in total. The average molecular weight is 307 g/mol.